The average molecular weight is 613 g/mol. The van der Waals surface area contributed by atoms with Crippen molar-refractivity contribution in [3.63, 3.8) is 0 Å². The van der Waals surface area contributed by atoms with Crippen molar-refractivity contribution in [2.24, 2.45) is 0 Å². The second-order valence-corrected chi connectivity index (χ2v) is 14.0. The fourth-order valence-electron chi connectivity index (χ4n) is 6.38. The summed E-state index contributed by atoms with van der Waals surface area (Å²) in [5, 5.41) is 1.96. The van der Waals surface area contributed by atoms with Gasteiger partial charge in [-0.3, -0.25) is 9.97 Å². The van der Waals surface area contributed by atoms with Crippen LogP contribution in [0.15, 0.2) is 152 Å². The highest BCUT2D eigenvalue weighted by Crippen LogP contribution is 2.58. The van der Waals surface area contributed by atoms with Gasteiger partial charge in [-0.05, 0) is 82.9 Å². The lowest BCUT2D eigenvalue weighted by molar-refractivity contribution is 0.462. The molecule has 0 spiro atoms. The van der Waals surface area contributed by atoms with Crippen LogP contribution in [-0.4, -0.2) is 9.97 Å². The Hall–Kier alpha value is -5.77. The van der Waals surface area contributed by atoms with E-state index < -0.39 is 7.14 Å². The minimum Gasteiger partial charge on any atom is -0.456 e. The van der Waals surface area contributed by atoms with Crippen molar-refractivity contribution in [3.8, 4) is 67.8 Å². The number of nitrogens with zero attached hydrogens (tertiary/aromatic N) is 2. The Labute approximate surface area is 266 Å². The van der Waals surface area contributed by atoms with Crippen molar-refractivity contribution >= 4 is 23.1 Å². The summed E-state index contributed by atoms with van der Waals surface area (Å²) >= 11 is 0. The van der Waals surface area contributed by atoms with Gasteiger partial charge in [-0.2, -0.15) is 0 Å². The second-order valence-electron chi connectivity index (χ2n) is 11.4. The second kappa shape index (κ2) is 10.4. The zero-order chi connectivity index (χ0) is 30.7. The first-order valence-corrected chi connectivity index (χ1v) is 16.8. The lowest BCUT2D eigenvalue weighted by atomic mass is 10.0. The summed E-state index contributed by atoms with van der Waals surface area (Å²) in [6.07, 6.45) is 3.59. The molecule has 2 aromatic heterocycles. The van der Waals surface area contributed by atoms with E-state index in [2.05, 4.69) is 58.5 Å². The number of rotatable bonds is 4. The first-order chi connectivity index (χ1) is 22.6. The van der Waals surface area contributed by atoms with Gasteiger partial charge in [0.25, 0.3) is 0 Å². The molecule has 6 heteroatoms. The van der Waals surface area contributed by atoms with Crippen LogP contribution in [0, 0.1) is 0 Å². The quantitative estimate of drug-likeness (QED) is 0.186. The highest BCUT2D eigenvalue weighted by Gasteiger charge is 2.46. The molecule has 0 unspecified atom stereocenters. The highest BCUT2D eigenvalue weighted by molar-refractivity contribution is 7.86. The van der Waals surface area contributed by atoms with E-state index in [0.29, 0.717) is 38.9 Å². The van der Waals surface area contributed by atoms with E-state index >= 15 is 4.57 Å². The Balaban J connectivity index is 1.16. The number of pyridine rings is 2. The summed E-state index contributed by atoms with van der Waals surface area (Å²) in [5.74, 6) is 2.33. The summed E-state index contributed by atoms with van der Waals surface area (Å²) < 4.78 is 28.6. The van der Waals surface area contributed by atoms with E-state index in [9.17, 15) is 0 Å². The van der Waals surface area contributed by atoms with Crippen LogP contribution >= 0.6 is 7.14 Å². The lowest BCUT2D eigenvalue weighted by Crippen LogP contribution is -2.35. The molecular weight excluding hydrogens is 587 g/mol. The van der Waals surface area contributed by atoms with Crippen LogP contribution in [0.2, 0.25) is 0 Å². The SMILES string of the molecule is O=P12c3cc(-c4ccc(-c5ccccn5)cc4)ccc3Oc3cccc(c31)Oc1ccc(-c3ccc(-c4ccccn4)cc3)cc12. The van der Waals surface area contributed by atoms with E-state index in [0.717, 1.165) is 44.8 Å². The number of aromatic nitrogens is 2. The molecule has 5 aromatic carbocycles. The van der Waals surface area contributed by atoms with Crippen LogP contribution in [0.3, 0.4) is 0 Å². The predicted octanol–water partition coefficient (Wildman–Crippen LogP) is 9.00. The minimum absolute atomic E-state index is 0.566. The predicted molar refractivity (Wildman–Crippen MR) is 183 cm³/mol. The lowest BCUT2D eigenvalue weighted by Gasteiger charge is -2.35. The molecule has 0 N–H and O–H groups in total. The van der Waals surface area contributed by atoms with Crippen LogP contribution < -0.4 is 25.4 Å². The molecule has 9 rings (SSSR count). The van der Waals surface area contributed by atoms with Crippen LogP contribution in [0.25, 0.3) is 44.8 Å². The van der Waals surface area contributed by atoms with E-state index in [4.69, 9.17) is 9.47 Å². The summed E-state index contributed by atoms with van der Waals surface area (Å²) in [5.41, 5.74) is 7.87. The molecule has 46 heavy (non-hydrogen) atoms. The fourth-order valence-corrected chi connectivity index (χ4v) is 9.48. The molecule has 0 bridgehead atoms. The Bertz CT molecular complexity index is 2160. The number of fused-ring (bicyclic) bond motifs is 4. The van der Waals surface area contributed by atoms with Gasteiger partial charge in [-0.1, -0.05) is 78.9 Å². The molecule has 0 atom stereocenters. The standard InChI is InChI=1S/C40H25N2O3P/c43-46-38-24-30(26-10-14-28(15-11-26)32-6-1-3-22-41-32)18-20-34(38)44-36-8-5-9-37(40(36)46)45-35-21-19-31(25-39(35)46)27-12-16-29(17-13-27)33-7-2-4-23-42-33/h1-25H. The summed E-state index contributed by atoms with van der Waals surface area (Å²) in [7, 11) is -3.39. The number of hydrogen-bond donors (Lipinski definition) is 0. The molecule has 0 fully saturated rings. The first-order valence-electron chi connectivity index (χ1n) is 15.1. The van der Waals surface area contributed by atoms with Gasteiger partial charge in [-0.15, -0.1) is 0 Å². The third-order valence-corrected chi connectivity index (χ3v) is 11.8. The van der Waals surface area contributed by atoms with Gasteiger partial charge < -0.3 is 14.0 Å². The Kier molecular flexibility index (Phi) is 6.02. The van der Waals surface area contributed by atoms with Crippen LogP contribution in [0.1, 0.15) is 0 Å². The Morgan fingerprint density at radius 2 is 0.848 bits per heavy atom. The van der Waals surface area contributed by atoms with Gasteiger partial charge in [0, 0.05) is 23.5 Å². The van der Waals surface area contributed by atoms with Gasteiger partial charge in [0.2, 0.25) is 0 Å². The third kappa shape index (κ3) is 4.21. The third-order valence-electron chi connectivity index (χ3n) is 8.67. The molecule has 0 saturated carbocycles. The summed E-state index contributed by atoms with van der Waals surface area (Å²) in [4.78, 5) is 8.95. The fraction of sp³-hybridized carbons (Fsp3) is 0. The Morgan fingerprint density at radius 3 is 1.28 bits per heavy atom. The van der Waals surface area contributed by atoms with Crippen molar-refractivity contribution < 1.29 is 14.0 Å². The van der Waals surface area contributed by atoms with Crippen molar-refractivity contribution in [2.45, 2.75) is 0 Å². The number of hydrogen-bond acceptors (Lipinski definition) is 5. The zero-order valence-electron chi connectivity index (χ0n) is 24.5. The van der Waals surface area contributed by atoms with E-state index in [1.807, 2.05) is 91.0 Å². The van der Waals surface area contributed by atoms with E-state index in [1.165, 1.54) is 0 Å². The van der Waals surface area contributed by atoms with Crippen molar-refractivity contribution in [2.75, 3.05) is 0 Å². The van der Waals surface area contributed by atoms with Crippen molar-refractivity contribution in [1.29, 1.82) is 0 Å². The van der Waals surface area contributed by atoms with Crippen molar-refractivity contribution in [1.82, 2.24) is 9.97 Å². The summed E-state index contributed by atoms with van der Waals surface area (Å²) in [6, 6.07) is 45.9. The maximum atomic E-state index is 15.8. The maximum Gasteiger partial charge on any atom is 0.185 e. The van der Waals surface area contributed by atoms with Gasteiger partial charge in [0.05, 0.1) is 22.0 Å². The molecule has 0 aliphatic carbocycles. The molecule has 5 nitrogen and oxygen atoms in total. The van der Waals surface area contributed by atoms with Crippen LogP contribution in [0.5, 0.6) is 23.0 Å². The molecule has 0 amide bonds. The number of benzene rings is 5. The molecule has 0 saturated heterocycles. The maximum absolute atomic E-state index is 15.8. The minimum atomic E-state index is -3.39. The number of ether oxygens (including phenoxy) is 2. The molecular formula is C40H25N2O3P. The van der Waals surface area contributed by atoms with Gasteiger partial charge in [0.1, 0.15) is 28.3 Å². The van der Waals surface area contributed by atoms with E-state index in [1.54, 1.807) is 12.4 Å². The largest absolute Gasteiger partial charge is 0.456 e. The molecule has 2 aliphatic rings. The van der Waals surface area contributed by atoms with Gasteiger partial charge >= 0.3 is 0 Å². The van der Waals surface area contributed by atoms with Crippen molar-refractivity contribution in [3.05, 3.63) is 152 Å². The first kappa shape index (κ1) is 26.6. The van der Waals surface area contributed by atoms with Crippen LogP contribution in [0.4, 0.5) is 0 Å². The summed E-state index contributed by atoms with van der Waals surface area (Å²) in [6.45, 7) is 0. The van der Waals surface area contributed by atoms with Gasteiger partial charge in [-0.25, -0.2) is 0 Å². The topological polar surface area (TPSA) is 61.3 Å². The Morgan fingerprint density at radius 1 is 0.413 bits per heavy atom. The molecule has 2 aliphatic heterocycles. The highest BCUT2D eigenvalue weighted by atomic mass is 31.2. The molecule has 218 valence electrons. The van der Waals surface area contributed by atoms with Gasteiger partial charge in [0.15, 0.2) is 7.14 Å². The smallest absolute Gasteiger partial charge is 0.185 e. The monoisotopic (exact) mass is 612 g/mol. The molecule has 7 aromatic rings. The van der Waals surface area contributed by atoms with Crippen LogP contribution in [-0.2, 0) is 4.57 Å². The zero-order valence-corrected chi connectivity index (χ0v) is 25.4. The van der Waals surface area contributed by atoms with E-state index in [-0.39, 0.29) is 0 Å². The average Bonchev–Trinajstić information content (AvgIpc) is 3.12. The molecule has 4 heterocycles. The molecule has 0 radical (unpaired) electrons. The normalized spacial score (nSPS) is 13.4.